The van der Waals surface area contributed by atoms with Crippen LogP contribution in [0.1, 0.15) is 29.5 Å². The van der Waals surface area contributed by atoms with E-state index >= 15 is 0 Å². The van der Waals surface area contributed by atoms with Gasteiger partial charge < -0.3 is 4.74 Å². The van der Waals surface area contributed by atoms with E-state index in [0.29, 0.717) is 34.9 Å². The molecule has 3 heterocycles. The summed E-state index contributed by atoms with van der Waals surface area (Å²) in [5, 5.41) is 11.5. The number of fused-ring (bicyclic) bond motifs is 1. The Kier molecular flexibility index (Phi) is 6.35. The Morgan fingerprint density at radius 1 is 1.06 bits per heavy atom. The summed E-state index contributed by atoms with van der Waals surface area (Å²) in [6, 6.07) is 13.4. The van der Waals surface area contributed by atoms with Crippen LogP contribution in [0, 0.1) is 0 Å². The normalized spacial score (nSPS) is 17.4. The first-order chi connectivity index (χ1) is 16.6. The van der Waals surface area contributed by atoms with Crippen LogP contribution in [0.5, 0.6) is 0 Å². The van der Waals surface area contributed by atoms with Crippen molar-refractivity contribution in [1.82, 2.24) is 4.98 Å². The molecule has 2 aliphatic heterocycles. The third-order valence-corrected chi connectivity index (χ3v) is 6.10. The van der Waals surface area contributed by atoms with Crippen LogP contribution in [0.15, 0.2) is 94.8 Å². The van der Waals surface area contributed by atoms with Crippen molar-refractivity contribution in [3.05, 3.63) is 106 Å². The minimum atomic E-state index is -2.63. The van der Waals surface area contributed by atoms with Crippen LogP contribution in [-0.2, 0) is 11.2 Å². The van der Waals surface area contributed by atoms with Gasteiger partial charge in [0.15, 0.2) is 5.76 Å². The third-order valence-electron chi connectivity index (χ3n) is 5.74. The summed E-state index contributed by atoms with van der Waals surface area (Å²) in [6.07, 6.45) is 7.86. The van der Waals surface area contributed by atoms with Gasteiger partial charge in [0, 0.05) is 33.9 Å². The Bertz CT molecular complexity index is 1400. The number of aromatic nitrogens is 1. The van der Waals surface area contributed by atoms with Crippen molar-refractivity contribution < 1.29 is 13.5 Å². The number of azo groups is 1. The number of rotatable bonds is 6. The number of benzene rings is 2. The topological polar surface area (TPSA) is 46.8 Å². The molecule has 1 aromatic heterocycles. The van der Waals surface area contributed by atoms with Gasteiger partial charge in [-0.05, 0) is 66.6 Å². The predicted molar refractivity (Wildman–Crippen MR) is 129 cm³/mol. The Hall–Kier alpha value is -3.60. The summed E-state index contributed by atoms with van der Waals surface area (Å²) in [7, 11) is 0. The van der Waals surface area contributed by atoms with Crippen molar-refractivity contribution in [3.63, 3.8) is 0 Å². The number of hydrogen-bond acceptors (Lipinski definition) is 4. The van der Waals surface area contributed by atoms with E-state index in [-0.39, 0.29) is 11.8 Å². The second-order valence-corrected chi connectivity index (χ2v) is 8.45. The second kappa shape index (κ2) is 9.72. The molecule has 0 aliphatic carbocycles. The van der Waals surface area contributed by atoms with Crippen molar-refractivity contribution in [2.75, 3.05) is 0 Å². The zero-order valence-corrected chi connectivity index (χ0v) is 18.8. The van der Waals surface area contributed by atoms with Gasteiger partial charge in [-0.3, -0.25) is 4.98 Å². The Balaban J connectivity index is 1.24. The lowest BCUT2D eigenvalue weighted by molar-refractivity contribution is 0.125. The van der Waals surface area contributed by atoms with Gasteiger partial charge >= 0.3 is 0 Å². The van der Waals surface area contributed by atoms with Gasteiger partial charge in [0.2, 0.25) is 0 Å². The highest BCUT2D eigenvalue weighted by molar-refractivity contribution is 6.31. The Morgan fingerprint density at radius 3 is 2.74 bits per heavy atom. The first kappa shape index (κ1) is 22.2. The summed E-state index contributed by atoms with van der Waals surface area (Å²) in [5.74, 6) is 0.0816. The lowest BCUT2D eigenvalue weighted by Crippen LogP contribution is -2.06. The average Bonchev–Trinajstić information content (AvgIpc) is 2.88. The molecular weight excluding hydrogens is 456 g/mol. The van der Waals surface area contributed by atoms with E-state index in [1.807, 2.05) is 42.6 Å². The number of ether oxygens (including phenoxy) is 1. The van der Waals surface area contributed by atoms with E-state index in [1.165, 1.54) is 6.08 Å². The molecule has 0 bridgehead atoms. The van der Waals surface area contributed by atoms with E-state index in [9.17, 15) is 8.78 Å². The monoisotopic (exact) mass is 475 g/mol. The molecule has 2 aromatic carbocycles. The summed E-state index contributed by atoms with van der Waals surface area (Å²) >= 11 is 6.48. The minimum absolute atomic E-state index is 0.0905. The standard InChI is InChI=1S/C27H20ClF2N3O/c28-23-15-20(25-2-1-3-26(34-25)27(29)30)6-4-17(23)8-9-22-10-11-24(33-32-22)19-5-7-21-16-31-13-12-18(21)14-19/h2-7,10,12-16,22,27H,1,8-9H2. The number of aryl methyl sites for hydroxylation is 1. The molecule has 1 atom stereocenters. The lowest BCUT2D eigenvalue weighted by Gasteiger charge is -2.17. The van der Waals surface area contributed by atoms with Crippen LogP contribution in [0.25, 0.3) is 22.2 Å². The van der Waals surface area contributed by atoms with Crippen LogP contribution < -0.4 is 0 Å². The molecule has 0 spiro atoms. The number of hydrogen-bond donors (Lipinski definition) is 0. The molecule has 7 heteroatoms. The van der Waals surface area contributed by atoms with E-state index < -0.39 is 6.43 Å². The van der Waals surface area contributed by atoms with Crippen molar-refractivity contribution in [1.29, 1.82) is 0 Å². The molecule has 34 heavy (non-hydrogen) atoms. The highest BCUT2D eigenvalue weighted by Crippen LogP contribution is 2.31. The van der Waals surface area contributed by atoms with Gasteiger partial charge in [-0.1, -0.05) is 41.6 Å². The first-order valence-electron chi connectivity index (χ1n) is 10.9. The van der Waals surface area contributed by atoms with Gasteiger partial charge in [0.25, 0.3) is 6.43 Å². The highest BCUT2D eigenvalue weighted by atomic mass is 35.5. The highest BCUT2D eigenvalue weighted by Gasteiger charge is 2.19. The van der Waals surface area contributed by atoms with Gasteiger partial charge in [0.1, 0.15) is 11.5 Å². The Morgan fingerprint density at radius 2 is 1.94 bits per heavy atom. The minimum Gasteiger partial charge on any atom is -0.456 e. The summed E-state index contributed by atoms with van der Waals surface area (Å²) in [5.41, 5.74) is 6.55. The molecule has 0 radical (unpaired) electrons. The average molecular weight is 476 g/mol. The van der Waals surface area contributed by atoms with Gasteiger partial charge in [-0.2, -0.15) is 5.11 Å². The maximum Gasteiger partial charge on any atom is 0.295 e. The van der Waals surface area contributed by atoms with E-state index in [1.54, 1.807) is 18.3 Å². The van der Waals surface area contributed by atoms with Gasteiger partial charge in [0.05, 0.1) is 6.04 Å². The third kappa shape index (κ3) is 4.84. The quantitative estimate of drug-likeness (QED) is 0.342. The zero-order valence-electron chi connectivity index (χ0n) is 18.1. The number of allylic oxidation sites excluding steroid dienone is 3. The summed E-state index contributed by atoms with van der Waals surface area (Å²) < 4.78 is 31.2. The van der Waals surface area contributed by atoms with Crippen molar-refractivity contribution in [2.24, 2.45) is 10.2 Å². The maximum atomic E-state index is 12.9. The van der Waals surface area contributed by atoms with E-state index in [2.05, 4.69) is 27.0 Å². The van der Waals surface area contributed by atoms with Crippen LogP contribution in [0.2, 0.25) is 5.02 Å². The molecule has 4 nitrogen and oxygen atoms in total. The summed E-state index contributed by atoms with van der Waals surface area (Å²) in [4.78, 5) is 4.14. The molecule has 1 unspecified atom stereocenters. The van der Waals surface area contributed by atoms with Crippen molar-refractivity contribution in [3.8, 4) is 0 Å². The molecule has 0 amide bonds. The number of alkyl halides is 2. The SMILES string of the molecule is FC(F)C1=CCC=C(c2ccc(CCC3C=C=C(c4ccc5cnccc5c4)N=N3)c(Cl)c2)O1. The lowest BCUT2D eigenvalue weighted by atomic mass is 10.0. The van der Waals surface area contributed by atoms with Gasteiger partial charge in [-0.15, -0.1) is 5.11 Å². The van der Waals surface area contributed by atoms with Crippen LogP contribution in [0.3, 0.4) is 0 Å². The summed E-state index contributed by atoms with van der Waals surface area (Å²) in [6.45, 7) is 0. The van der Waals surface area contributed by atoms with E-state index in [0.717, 1.165) is 28.3 Å². The molecule has 3 aromatic rings. The molecule has 170 valence electrons. The fourth-order valence-corrected chi connectivity index (χ4v) is 4.17. The molecule has 0 N–H and O–H groups in total. The fraction of sp³-hybridized carbons (Fsp3) is 0.185. The smallest absolute Gasteiger partial charge is 0.295 e. The fourth-order valence-electron chi connectivity index (χ4n) is 3.89. The predicted octanol–water partition coefficient (Wildman–Crippen LogP) is 7.76. The molecule has 5 rings (SSSR count). The zero-order chi connectivity index (χ0) is 23.5. The molecule has 0 saturated heterocycles. The molecule has 0 fully saturated rings. The number of nitrogens with zero attached hydrogens (tertiary/aromatic N) is 3. The van der Waals surface area contributed by atoms with Crippen LogP contribution >= 0.6 is 11.6 Å². The Labute approximate surface area is 200 Å². The van der Waals surface area contributed by atoms with Crippen molar-refractivity contribution in [2.45, 2.75) is 31.7 Å². The molecule has 2 aliphatic rings. The first-order valence-corrected chi connectivity index (χ1v) is 11.3. The molecule has 0 saturated carbocycles. The number of pyridine rings is 1. The van der Waals surface area contributed by atoms with Crippen LogP contribution in [-0.4, -0.2) is 17.5 Å². The largest absolute Gasteiger partial charge is 0.456 e. The second-order valence-electron chi connectivity index (χ2n) is 8.04. The molecular formula is C27H20ClF2N3O. The van der Waals surface area contributed by atoms with Crippen LogP contribution in [0.4, 0.5) is 8.78 Å². The maximum absolute atomic E-state index is 12.9. The van der Waals surface area contributed by atoms with Crippen molar-refractivity contribution >= 4 is 33.8 Å². The van der Waals surface area contributed by atoms with Gasteiger partial charge in [-0.25, -0.2) is 8.78 Å². The number of halogens is 3. The van der Waals surface area contributed by atoms with E-state index in [4.69, 9.17) is 16.3 Å².